The van der Waals surface area contributed by atoms with Crippen molar-refractivity contribution >= 4 is 28.9 Å². The van der Waals surface area contributed by atoms with Crippen molar-refractivity contribution < 1.29 is 14.0 Å². The molecule has 2 aromatic carbocycles. The number of benzene rings is 2. The van der Waals surface area contributed by atoms with Gasteiger partial charge in [0.1, 0.15) is 5.76 Å². The molecule has 26 heavy (non-hydrogen) atoms. The molecule has 7 nitrogen and oxygen atoms in total. The summed E-state index contributed by atoms with van der Waals surface area (Å²) in [4.78, 5) is 30.6. The summed E-state index contributed by atoms with van der Waals surface area (Å²) in [5, 5.41) is 5.65. The van der Waals surface area contributed by atoms with E-state index in [1.807, 2.05) is 36.2 Å². The molecule has 2 amide bonds. The first-order valence-electron chi connectivity index (χ1n) is 8.07. The van der Waals surface area contributed by atoms with Crippen LogP contribution in [0.4, 0.5) is 17.1 Å². The molecule has 4 rings (SSSR count). The topological polar surface area (TPSA) is 87.5 Å². The van der Waals surface area contributed by atoms with E-state index in [4.69, 9.17) is 4.42 Å². The lowest BCUT2D eigenvalue weighted by molar-refractivity contribution is 0.0947. The van der Waals surface area contributed by atoms with Crippen molar-refractivity contribution in [3.63, 3.8) is 0 Å². The molecule has 1 aromatic heterocycles. The first-order chi connectivity index (χ1) is 12.6. The fourth-order valence-corrected chi connectivity index (χ4v) is 2.95. The molecule has 3 aromatic rings. The Morgan fingerprint density at radius 3 is 2.88 bits per heavy atom. The summed E-state index contributed by atoms with van der Waals surface area (Å²) in [5.41, 5.74) is 3.24. The van der Waals surface area contributed by atoms with Gasteiger partial charge in [-0.25, -0.2) is 4.98 Å². The number of carbonyl (C=O) groups excluding carboxylic acids is 2. The van der Waals surface area contributed by atoms with Gasteiger partial charge in [-0.15, -0.1) is 0 Å². The Kier molecular flexibility index (Phi) is 3.89. The molecule has 0 fully saturated rings. The van der Waals surface area contributed by atoms with Gasteiger partial charge in [0, 0.05) is 12.6 Å². The standard InChI is InChI=1S/C19H16N4O3/c1-23-16-5-3-2-4-14(16)19(25)22-15-8-12(6-7-17(15)23)18(24)21-10-13-9-20-11-26-13/h2-9,11H,10H2,1H3,(H,21,24)(H,22,25). The minimum atomic E-state index is -0.261. The maximum atomic E-state index is 12.5. The fourth-order valence-electron chi connectivity index (χ4n) is 2.95. The lowest BCUT2D eigenvalue weighted by atomic mass is 10.1. The number of hydrogen-bond acceptors (Lipinski definition) is 5. The Balaban J connectivity index is 1.62. The Bertz CT molecular complexity index is 982. The van der Waals surface area contributed by atoms with Gasteiger partial charge in [0.15, 0.2) is 6.39 Å². The number of hydrogen-bond donors (Lipinski definition) is 2. The van der Waals surface area contributed by atoms with Crippen LogP contribution in [0, 0.1) is 0 Å². The van der Waals surface area contributed by atoms with Gasteiger partial charge in [0.25, 0.3) is 11.8 Å². The number of fused-ring (bicyclic) bond motifs is 2. The quantitative estimate of drug-likeness (QED) is 0.760. The van der Waals surface area contributed by atoms with Gasteiger partial charge in [-0.1, -0.05) is 12.1 Å². The molecule has 130 valence electrons. The first kappa shape index (κ1) is 15.9. The average molecular weight is 348 g/mol. The van der Waals surface area contributed by atoms with Gasteiger partial charge in [0.2, 0.25) is 0 Å². The second-order valence-corrected chi connectivity index (χ2v) is 5.91. The average Bonchev–Trinajstić information content (AvgIpc) is 3.15. The van der Waals surface area contributed by atoms with Crippen molar-refractivity contribution in [1.82, 2.24) is 10.3 Å². The zero-order valence-corrected chi connectivity index (χ0v) is 14.0. The van der Waals surface area contributed by atoms with Crippen LogP contribution in [-0.2, 0) is 6.54 Å². The molecule has 1 aliphatic rings. The molecule has 0 unspecified atom stereocenters. The van der Waals surface area contributed by atoms with Gasteiger partial charge < -0.3 is 20.0 Å². The highest BCUT2D eigenvalue weighted by Gasteiger charge is 2.23. The summed E-state index contributed by atoms with van der Waals surface area (Å²) in [6.07, 6.45) is 2.86. The Morgan fingerprint density at radius 1 is 1.23 bits per heavy atom. The number of amides is 2. The van der Waals surface area contributed by atoms with Crippen molar-refractivity contribution in [1.29, 1.82) is 0 Å². The van der Waals surface area contributed by atoms with Gasteiger partial charge in [-0.3, -0.25) is 9.59 Å². The number of anilines is 3. The SMILES string of the molecule is CN1c2ccc(C(=O)NCc3cnco3)cc2NC(=O)c2ccccc21. The van der Waals surface area contributed by atoms with Crippen LogP contribution in [0.2, 0.25) is 0 Å². The number of nitrogens with one attached hydrogen (secondary N) is 2. The number of nitrogens with zero attached hydrogens (tertiary/aromatic N) is 2. The monoisotopic (exact) mass is 348 g/mol. The Labute approximate surface area is 149 Å². The second kappa shape index (κ2) is 6.36. The second-order valence-electron chi connectivity index (χ2n) is 5.91. The predicted molar refractivity (Wildman–Crippen MR) is 96.6 cm³/mol. The van der Waals surface area contributed by atoms with E-state index < -0.39 is 0 Å². The van der Waals surface area contributed by atoms with Crippen LogP contribution in [0.25, 0.3) is 0 Å². The fraction of sp³-hybridized carbons (Fsp3) is 0.105. The van der Waals surface area contributed by atoms with Gasteiger partial charge in [-0.05, 0) is 30.3 Å². The molecular formula is C19H16N4O3. The van der Waals surface area contributed by atoms with Crippen molar-refractivity contribution in [3.8, 4) is 0 Å². The molecule has 1 aliphatic heterocycles. The van der Waals surface area contributed by atoms with E-state index in [0.717, 1.165) is 11.4 Å². The lowest BCUT2D eigenvalue weighted by Crippen LogP contribution is -2.23. The Morgan fingerprint density at radius 2 is 2.08 bits per heavy atom. The minimum absolute atomic E-state index is 0.203. The van der Waals surface area contributed by atoms with Crippen molar-refractivity contribution in [2.24, 2.45) is 0 Å². The smallest absolute Gasteiger partial charge is 0.257 e. The highest BCUT2D eigenvalue weighted by Crippen LogP contribution is 2.36. The molecule has 0 spiro atoms. The highest BCUT2D eigenvalue weighted by molar-refractivity contribution is 6.13. The van der Waals surface area contributed by atoms with E-state index in [0.29, 0.717) is 22.6 Å². The molecule has 0 saturated heterocycles. The van der Waals surface area contributed by atoms with Crippen LogP contribution in [0.3, 0.4) is 0 Å². The summed E-state index contributed by atoms with van der Waals surface area (Å²) >= 11 is 0. The molecule has 7 heteroatoms. The van der Waals surface area contributed by atoms with E-state index in [1.54, 1.807) is 24.4 Å². The summed E-state index contributed by atoms with van der Waals surface area (Å²) in [5.74, 6) is 0.102. The number of rotatable bonds is 3. The van der Waals surface area contributed by atoms with Crippen LogP contribution >= 0.6 is 0 Å². The summed E-state index contributed by atoms with van der Waals surface area (Å²) in [6.45, 7) is 0.244. The van der Waals surface area contributed by atoms with Crippen molar-refractivity contribution in [2.75, 3.05) is 17.3 Å². The normalized spacial score (nSPS) is 12.7. The zero-order chi connectivity index (χ0) is 18.1. The lowest BCUT2D eigenvalue weighted by Gasteiger charge is -2.21. The summed E-state index contributed by atoms with van der Waals surface area (Å²) in [7, 11) is 1.89. The molecule has 0 atom stereocenters. The first-order valence-corrected chi connectivity index (χ1v) is 8.07. The third kappa shape index (κ3) is 2.79. The van der Waals surface area contributed by atoms with E-state index in [-0.39, 0.29) is 18.4 Å². The van der Waals surface area contributed by atoms with E-state index in [1.165, 1.54) is 6.39 Å². The third-order valence-electron chi connectivity index (χ3n) is 4.28. The predicted octanol–water partition coefficient (Wildman–Crippen LogP) is 2.94. The summed E-state index contributed by atoms with van der Waals surface area (Å²) in [6, 6.07) is 12.6. The largest absolute Gasteiger partial charge is 0.447 e. The van der Waals surface area contributed by atoms with Crippen LogP contribution in [0.5, 0.6) is 0 Å². The van der Waals surface area contributed by atoms with Gasteiger partial charge in [0.05, 0.1) is 35.4 Å². The molecule has 0 radical (unpaired) electrons. The maximum Gasteiger partial charge on any atom is 0.257 e. The molecule has 0 aliphatic carbocycles. The maximum absolute atomic E-state index is 12.5. The number of oxazole rings is 1. The van der Waals surface area contributed by atoms with Gasteiger partial charge >= 0.3 is 0 Å². The van der Waals surface area contributed by atoms with Crippen molar-refractivity contribution in [3.05, 3.63) is 71.9 Å². The minimum Gasteiger partial charge on any atom is -0.447 e. The molecule has 0 bridgehead atoms. The third-order valence-corrected chi connectivity index (χ3v) is 4.28. The Hall–Kier alpha value is -3.61. The number of carbonyl (C=O) groups is 2. The van der Waals surface area contributed by atoms with E-state index in [9.17, 15) is 9.59 Å². The van der Waals surface area contributed by atoms with Crippen LogP contribution < -0.4 is 15.5 Å². The van der Waals surface area contributed by atoms with E-state index in [2.05, 4.69) is 15.6 Å². The molecular weight excluding hydrogens is 332 g/mol. The van der Waals surface area contributed by atoms with Crippen LogP contribution in [0.1, 0.15) is 26.5 Å². The highest BCUT2D eigenvalue weighted by atomic mass is 16.3. The number of para-hydroxylation sites is 1. The number of aromatic nitrogens is 1. The zero-order valence-electron chi connectivity index (χ0n) is 14.0. The molecule has 2 N–H and O–H groups in total. The van der Waals surface area contributed by atoms with E-state index >= 15 is 0 Å². The summed E-state index contributed by atoms with van der Waals surface area (Å²) < 4.78 is 5.10. The van der Waals surface area contributed by atoms with Crippen LogP contribution in [0.15, 0.2) is 59.5 Å². The van der Waals surface area contributed by atoms with Gasteiger partial charge in [-0.2, -0.15) is 0 Å². The van der Waals surface area contributed by atoms with Crippen LogP contribution in [-0.4, -0.2) is 23.8 Å². The van der Waals surface area contributed by atoms with Crippen molar-refractivity contribution in [2.45, 2.75) is 6.54 Å². The molecule has 0 saturated carbocycles. The molecule has 2 heterocycles.